The number of carbonyl (C=O) groups is 2. The number of thioether (sulfide) groups is 1. The van der Waals surface area contributed by atoms with E-state index in [0.29, 0.717) is 37.5 Å². The molecule has 0 saturated heterocycles. The second kappa shape index (κ2) is 9.19. The van der Waals surface area contributed by atoms with Crippen LogP contribution in [-0.2, 0) is 4.79 Å². The molecule has 29 heavy (non-hydrogen) atoms. The molecule has 1 aliphatic heterocycles. The van der Waals surface area contributed by atoms with E-state index in [4.69, 9.17) is 23.2 Å². The van der Waals surface area contributed by atoms with Gasteiger partial charge in [-0.05, 0) is 43.5 Å². The molecule has 0 spiro atoms. The van der Waals surface area contributed by atoms with Gasteiger partial charge in [-0.25, -0.2) is 0 Å². The highest BCUT2D eigenvalue weighted by atomic mass is 35.5. The standard InChI is InChI=1S/C21H16Cl2N2O2S2/c1-11-19(12(2)26)20(18-4-3-7-28-18)15(9-24)21(25-11)29-10-17(27)14-8-13(22)5-6-16(14)23/h3-8,20,25H,10H2,1-2H3/t20-/m1/s1. The fourth-order valence-electron chi connectivity index (χ4n) is 3.16. The minimum atomic E-state index is -0.439. The van der Waals surface area contributed by atoms with Crippen molar-refractivity contribution >= 4 is 57.9 Å². The summed E-state index contributed by atoms with van der Waals surface area (Å²) in [5, 5.41) is 16.3. The Labute approximate surface area is 187 Å². The van der Waals surface area contributed by atoms with Crippen molar-refractivity contribution in [1.82, 2.24) is 5.32 Å². The molecule has 0 amide bonds. The SMILES string of the molecule is CC(=O)C1=C(C)NC(SCC(=O)c2cc(Cl)ccc2Cl)=C(C#N)[C@@H]1c1cccs1. The topological polar surface area (TPSA) is 70.0 Å². The average Bonchev–Trinajstić information content (AvgIpc) is 3.21. The molecular formula is C21H16Cl2N2O2S2. The number of allylic oxidation sites excluding steroid dienone is 3. The van der Waals surface area contributed by atoms with E-state index in [-0.39, 0.29) is 17.3 Å². The van der Waals surface area contributed by atoms with Gasteiger partial charge in [0, 0.05) is 26.7 Å². The van der Waals surface area contributed by atoms with E-state index in [1.165, 1.54) is 36.1 Å². The normalized spacial score (nSPS) is 16.4. The summed E-state index contributed by atoms with van der Waals surface area (Å²) in [6.45, 7) is 3.31. The molecule has 1 aromatic heterocycles. The molecule has 8 heteroatoms. The number of benzene rings is 1. The highest BCUT2D eigenvalue weighted by molar-refractivity contribution is 8.03. The first kappa shape index (κ1) is 21.7. The van der Waals surface area contributed by atoms with Crippen LogP contribution in [0.15, 0.2) is 57.6 Å². The zero-order chi connectivity index (χ0) is 21.1. The summed E-state index contributed by atoms with van der Waals surface area (Å²) in [7, 11) is 0. The van der Waals surface area contributed by atoms with Crippen LogP contribution in [0.4, 0.5) is 0 Å². The summed E-state index contributed by atoms with van der Waals surface area (Å²) >= 11 is 14.8. The Bertz CT molecular complexity index is 1080. The number of halogens is 2. The third-order valence-corrected chi connectivity index (χ3v) is 6.95. The highest BCUT2D eigenvalue weighted by Crippen LogP contribution is 2.42. The number of hydrogen-bond donors (Lipinski definition) is 1. The third kappa shape index (κ3) is 4.59. The van der Waals surface area contributed by atoms with Crippen LogP contribution in [0.2, 0.25) is 10.0 Å². The van der Waals surface area contributed by atoms with Crippen molar-refractivity contribution in [3.8, 4) is 6.07 Å². The van der Waals surface area contributed by atoms with Gasteiger partial charge in [0.25, 0.3) is 0 Å². The van der Waals surface area contributed by atoms with Crippen molar-refractivity contribution in [3.05, 3.63) is 78.1 Å². The number of nitrogens with one attached hydrogen (secondary N) is 1. The third-order valence-electron chi connectivity index (χ3n) is 4.43. The number of nitrogens with zero attached hydrogens (tertiary/aromatic N) is 1. The Balaban J connectivity index is 1.93. The lowest BCUT2D eigenvalue weighted by Gasteiger charge is -2.28. The van der Waals surface area contributed by atoms with E-state index < -0.39 is 5.92 Å². The fraction of sp³-hybridized carbons (Fsp3) is 0.190. The highest BCUT2D eigenvalue weighted by Gasteiger charge is 2.33. The first-order chi connectivity index (χ1) is 13.8. The largest absolute Gasteiger partial charge is 0.353 e. The first-order valence-corrected chi connectivity index (χ1v) is 11.2. The number of rotatable bonds is 6. The van der Waals surface area contributed by atoms with Gasteiger partial charge >= 0.3 is 0 Å². The van der Waals surface area contributed by atoms with Crippen molar-refractivity contribution in [2.24, 2.45) is 0 Å². The lowest BCUT2D eigenvalue weighted by atomic mass is 9.85. The predicted octanol–water partition coefficient (Wildman–Crippen LogP) is 5.96. The zero-order valence-corrected chi connectivity index (χ0v) is 18.7. The van der Waals surface area contributed by atoms with E-state index in [2.05, 4.69) is 11.4 Å². The summed E-state index contributed by atoms with van der Waals surface area (Å²) < 4.78 is 0. The van der Waals surface area contributed by atoms with Crippen LogP contribution in [-0.4, -0.2) is 17.3 Å². The molecular weight excluding hydrogens is 447 g/mol. The number of hydrogen-bond acceptors (Lipinski definition) is 6. The van der Waals surface area contributed by atoms with Gasteiger partial charge in [-0.2, -0.15) is 5.26 Å². The quantitative estimate of drug-likeness (QED) is 0.536. The minimum Gasteiger partial charge on any atom is -0.353 e. The molecule has 4 nitrogen and oxygen atoms in total. The molecule has 2 aromatic rings. The summed E-state index contributed by atoms with van der Waals surface area (Å²) in [6, 6.07) is 10.8. The van der Waals surface area contributed by atoms with Gasteiger partial charge in [0.2, 0.25) is 0 Å². The maximum absolute atomic E-state index is 12.7. The molecule has 1 aromatic carbocycles. The van der Waals surface area contributed by atoms with Gasteiger partial charge in [0.05, 0.1) is 33.4 Å². The molecule has 1 atom stereocenters. The molecule has 0 radical (unpaired) electrons. The fourth-order valence-corrected chi connectivity index (χ4v) is 5.37. The maximum atomic E-state index is 12.7. The van der Waals surface area contributed by atoms with Crippen molar-refractivity contribution in [1.29, 1.82) is 5.26 Å². The summed E-state index contributed by atoms with van der Waals surface area (Å²) in [5.41, 5.74) is 2.02. The molecule has 1 N–H and O–H groups in total. The maximum Gasteiger partial charge on any atom is 0.174 e. The van der Waals surface area contributed by atoms with Gasteiger partial charge in [-0.3, -0.25) is 9.59 Å². The molecule has 0 aliphatic carbocycles. The van der Waals surface area contributed by atoms with Gasteiger partial charge in [0.15, 0.2) is 11.6 Å². The monoisotopic (exact) mass is 462 g/mol. The molecule has 148 valence electrons. The van der Waals surface area contributed by atoms with Crippen LogP contribution in [0.3, 0.4) is 0 Å². The van der Waals surface area contributed by atoms with Crippen LogP contribution in [0.5, 0.6) is 0 Å². The number of nitriles is 1. The minimum absolute atomic E-state index is 0.0768. The number of thiophene rings is 1. The summed E-state index contributed by atoms with van der Waals surface area (Å²) in [5.74, 6) is -0.646. The van der Waals surface area contributed by atoms with Crippen LogP contribution in [0, 0.1) is 11.3 Å². The number of ketones is 2. The van der Waals surface area contributed by atoms with Crippen molar-refractivity contribution in [3.63, 3.8) is 0 Å². The van der Waals surface area contributed by atoms with E-state index >= 15 is 0 Å². The molecule has 2 heterocycles. The second-order valence-electron chi connectivity index (χ2n) is 6.36. The van der Waals surface area contributed by atoms with Gasteiger partial charge in [-0.1, -0.05) is 41.0 Å². The van der Waals surface area contributed by atoms with Crippen molar-refractivity contribution in [2.75, 3.05) is 5.75 Å². The number of Topliss-reactive ketones (excluding diaryl/α,β-unsaturated/α-hetero) is 2. The van der Waals surface area contributed by atoms with Gasteiger partial charge in [-0.15, -0.1) is 11.3 Å². The van der Waals surface area contributed by atoms with Crippen LogP contribution in [0.1, 0.15) is 35.0 Å². The van der Waals surface area contributed by atoms with Crippen LogP contribution in [0.25, 0.3) is 0 Å². The smallest absolute Gasteiger partial charge is 0.174 e. The first-order valence-electron chi connectivity index (χ1n) is 8.61. The molecule has 0 unspecified atom stereocenters. The van der Waals surface area contributed by atoms with Crippen LogP contribution >= 0.6 is 46.3 Å². The predicted molar refractivity (Wildman–Crippen MR) is 119 cm³/mol. The van der Waals surface area contributed by atoms with Gasteiger partial charge in [0.1, 0.15) is 0 Å². The second-order valence-corrected chi connectivity index (χ2v) is 9.17. The summed E-state index contributed by atoms with van der Waals surface area (Å²) in [4.78, 5) is 25.9. The van der Waals surface area contributed by atoms with E-state index in [1.54, 1.807) is 12.1 Å². The van der Waals surface area contributed by atoms with E-state index in [0.717, 1.165) is 4.88 Å². The average molecular weight is 463 g/mol. The lowest BCUT2D eigenvalue weighted by Crippen LogP contribution is -2.27. The molecule has 3 rings (SSSR count). The van der Waals surface area contributed by atoms with Crippen LogP contribution < -0.4 is 5.32 Å². The Morgan fingerprint density at radius 3 is 2.69 bits per heavy atom. The Morgan fingerprint density at radius 2 is 2.07 bits per heavy atom. The summed E-state index contributed by atoms with van der Waals surface area (Å²) in [6.07, 6.45) is 0. The van der Waals surface area contributed by atoms with Crippen molar-refractivity contribution < 1.29 is 9.59 Å². The van der Waals surface area contributed by atoms with E-state index in [1.807, 2.05) is 24.4 Å². The number of dihydropyridines is 1. The Morgan fingerprint density at radius 1 is 1.31 bits per heavy atom. The molecule has 0 saturated carbocycles. The van der Waals surface area contributed by atoms with Crippen molar-refractivity contribution in [2.45, 2.75) is 19.8 Å². The Kier molecular flexibility index (Phi) is 6.86. The Hall–Kier alpha value is -2.04. The zero-order valence-electron chi connectivity index (χ0n) is 15.6. The molecule has 0 fully saturated rings. The molecule has 1 aliphatic rings. The van der Waals surface area contributed by atoms with E-state index in [9.17, 15) is 14.9 Å². The molecule has 0 bridgehead atoms. The van der Waals surface area contributed by atoms with Gasteiger partial charge < -0.3 is 5.32 Å². The number of carbonyl (C=O) groups excluding carboxylic acids is 2. The lowest BCUT2D eigenvalue weighted by molar-refractivity contribution is -0.113.